The van der Waals surface area contributed by atoms with Crippen LogP contribution in [0.3, 0.4) is 0 Å². The molecule has 0 amide bonds. The summed E-state index contributed by atoms with van der Waals surface area (Å²) >= 11 is 0. The molecule has 1 unspecified atom stereocenters. The van der Waals surface area contributed by atoms with Crippen molar-refractivity contribution in [2.24, 2.45) is 0 Å². The van der Waals surface area contributed by atoms with Crippen LogP contribution in [-0.4, -0.2) is 58.4 Å². The van der Waals surface area contributed by atoms with Gasteiger partial charge in [0.1, 0.15) is 5.75 Å². The molecule has 2 heterocycles. The molecule has 0 radical (unpaired) electrons. The number of nitrogens with zero attached hydrogens (tertiary/aromatic N) is 6. The molecule has 0 aliphatic carbocycles. The third-order valence-electron chi connectivity index (χ3n) is 5.79. The lowest BCUT2D eigenvalue weighted by atomic mass is 10.1. The summed E-state index contributed by atoms with van der Waals surface area (Å²) in [4.78, 5) is 4.97. The predicted molar refractivity (Wildman–Crippen MR) is 118 cm³/mol. The molecule has 30 heavy (non-hydrogen) atoms. The molecular formula is C23H30N6O. The number of benzene rings is 2. The lowest BCUT2D eigenvalue weighted by Gasteiger charge is -2.39. The van der Waals surface area contributed by atoms with E-state index >= 15 is 0 Å². The van der Waals surface area contributed by atoms with Gasteiger partial charge in [-0.15, -0.1) is 5.10 Å². The van der Waals surface area contributed by atoms with E-state index in [4.69, 9.17) is 4.74 Å². The van der Waals surface area contributed by atoms with Crippen molar-refractivity contribution >= 4 is 5.69 Å². The molecule has 4 rings (SSSR count). The monoisotopic (exact) mass is 406 g/mol. The van der Waals surface area contributed by atoms with Crippen LogP contribution in [0.1, 0.15) is 37.2 Å². The van der Waals surface area contributed by atoms with E-state index in [1.165, 1.54) is 11.3 Å². The minimum absolute atomic E-state index is 0.242. The Morgan fingerprint density at radius 1 is 0.967 bits per heavy atom. The van der Waals surface area contributed by atoms with Crippen LogP contribution < -0.4 is 9.64 Å². The molecule has 7 heteroatoms. The molecule has 1 aromatic heterocycles. The largest absolute Gasteiger partial charge is 0.497 e. The quantitative estimate of drug-likeness (QED) is 0.572. The third-order valence-corrected chi connectivity index (χ3v) is 5.79. The SMILES string of the molecule is CCCC(c1nnnn1Cc1ccccc1)N1CCN(c2ccc(OC)cc2)CC1. The second-order valence-corrected chi connectivity index (χ2v) is 7.71. The summed E-state index contributed by atoms with van der Waals surface area (Å²) in [6.45, 7) is 6.91. The Kier molecular flexibility index (Phi) is 6.59. The van der Waals surface area contributed by atoms with Crippen LogP contribution in [0.4, 0.5) is 5.69 Å². The van der Waals surface area contributed by atoms with Gasteiger partial charge in [0, 0.05) is 31.9 Å². The first kappa shape index (κ1) is 20.3. The van der Waals surface area contributed by atoms with Crippen molar-refractivity contribution in [1.82, 2.24) is 25.1 Å². The number of hydrogen-bond acceptors (Lipinski definition) is 6. The summed E-state index contributed by atoms with van der Waals surface area (Å²) in [6, 6.07) is 19.0. The van der Waals surface area contributed by atoms with Gasteiger partial charge in [0.15, 0.2) is 5.82 Å². The molecular weight excluding hydrogens is 376 g/mol. The average molecular weight is 407 g/mol. The number of piperazine rings is 1. The van der Waals surface area contributed by atoms with Gasteiger partial charge in [0.2, 0.25) is 0 Å². The highest BCUT2D eigenvalue weighted by molar-refractivity contribution is 5.49. The average Bonchev–Trinajstić information content (AvgIpc) is 3.26. The molecule has 3 aromatic rings. The van der Waals surface area contributed by atoms with Crippen molar-refractivity contribution < 1.29 is 4.74 Å². The van der Waals surface area contributed by atoms with Gasteiger partial charge in [-0.1, -0.05) is 43.7 Å². The zero-order valence-electron chi connectivity index (χ0n) is 17.8. The van der Waals surface area contributed by atoms with Crippen molar-refractivity contribution in [1.29, 1.82) is 0 Å². The normalized spacial score (nSPS) is 15.9. The van der Waals surface area contributed by atoms with E-state index in [2.05, 4.69) is 68.6 Å². The first-order valence-corrected chi connectivity index (χ1v) is 10.7. The van der Waals surface area contributed by atoms with Gasteiger partial charge in [-0.2, -0.15) is 0 Å². The van der Waals surface area contributed by atoms with Crippen LogP contribution in [0.5, 0.6) is 5.75 Å². The number of tetrazole rings is 1. The van der Waals surface area contributed by atoms with E-state index in [1.54, 1.807) is 7.11 Å². The lowest BCUT2D eigenvalue weighted by Crippen LogP contribution is -2.48. The van der Waals surface area contributed by atoms with Crippen molar-refractivity contribution in [3.8, 4) is 5.75 Å². The fourth-order valence-electron chi connectivity index (χ4n) is 4.15. The molecule has 1 saturated heterocycles. The fourth-order valence-corrected chi connectivity index (χ4v) is 4.15. The Morgan fingerprint density at radius 2 is 1.70 bits per heavy atom. The number of rotatable bonds is 8. The Morgan fingerprint density at radius 3 is 2.37 bits per heavy atom. The molecule has 0 saturated carbocycles. The van der Waals surface area contributed by atoms with Gasteiger partial charge >= 0.3 is 0 Å². The Hall–Kier alpha value is -2.93. The van der Waals surface area contributed by atoms with Crippen molar-refractivity contribution in [2.45, 2.75) is 32.4 Å². The first-order valence-electron chi connectivity index (χ1n) is 10.7. The van der Waals surface area contributed by atoms with E-state index in [1.807, 2.05) is 22.9 Å². The van der Waals surface area contributed by atoms with Gasteiger partial charge in [-0.05, 0) is 46.7 Å². The van der Waals surface area contributed by atoms with Crippen LogP contribution in [0.2, 0.25) is 0 Å². The molecule has 1 aliphatic heterocycles. The number of anilines is 1. The molecule has 2 aromatic carbocycles. The van der Waals surface area contributed by atoms with E-state index in [-0.39, 0.29) is 6.04 Å². The van der Waals surface area contributed by atoms with Crippen molar-refractivity contribution in [2.75, 3.05) is 38.2 Å². The topological polar surface area (TPSA) is 59.3 Å². The van der Waals surface area contributed by atoms with E-state index < -0.39 is 0 Å². The summed E-state index contributed by atoms with van der Waals surface area (Å²) in [6.07, 6.45) is 2.15. The van der Waals surface area contributed by atoms with Crippen LogP contribution in [-0.2, 0) is 6.54 Å². The highest BCUT2D eigenvalue weighted by atomic mass is 16.5. The smallest absolute Gasteiger partial charge is 0.168 e. The van der Waals surface area contributed by atoms with Crippen LogP contribution in [0.15, 0.2) is 54.6 Å². The molecule has 158 valence electrons. The maximum atomic E-state index is 5.28. The van der Waals surface area contributed by atoms with E-state index in [9.17, 15) is 0 Å². The first-order chi connectivity index (χ1) is 14.8. The number of ether oxygens (including phenoxy) is 1. The summed E-state index contributed by atoms with van der Waals surface area (Å²) in [5.41, 5.74) is 2.46. The van der Waals surface area contributed by atoms with Crippen molar-refractivity contribution in [3.63, 3.8) is 0 Å². The van der Waals surface area contributed by atoms with Gasteiger partial charge in [-0.3, -0.25) is 4.90 Å². The Balaban J connectivity index is 1.45. The highest BCUT2D eigenvalue weighted by Crippen LogP contribution is 2.27. The highest BCUT2D eigenvalue weighted by Gasteiger charge is 2.28. The standard InChI is InChI=1S/C23H30N6O/c1-3-7-22(23-24-25-26-29(23)18-19-8-5-4-6-9-19)28-16-14-27(15-17-28)20-10-12-21(30-2)13-11-20/h4-6,8-13,22H,3,7,14-18H2,1-2H3. The third kappa shape index (κ3) is 4.62. The van der Waals surface area contributed by atoms with E-state index in [0.29, 0.717) is 6.54 Å². The van der Waals surface area contributed by atoms with Gasteiger partial charge in [0.25, 0.3) is 0 Å². The minimum atomic E-state index is 0.242. The predicted octanol–water partition coefficient (Wildman–Crippen LogP) is 3.39. The Labute approximate surface area is 178 Å². The summed E-state index contributed by atoms with van der Waals surface area (Å²) < 4.78 is 7.24. The second-order valence-electron chi connectivity index (χ2n) is 7.71. The summed E-state index contributed by atoms with van der Waals surface area (Å²) in [5, 5.41) is 12.7. The second kappa shape index (κ2) is 9.71. The maximum Gasteiger partial charge on any atom is 0.168 e. The lowest BCUT2D eigenvalue weighted by molar-refractivity contribution is 0.164. The number of hydrogen-bond donors (Lipinski definition) is 0. The number of aromatic nitrogens is 4. The molecule has 0 N–H and O–H groups in total. The number of methoxy groups -OCH3 is 1. The summed E-state index contributed by atoms with van der Waals surface area (Å²) in [7, 11) is 1.70. The van der Waals surface area contributed by atoms with E-state index in [0.717, 1.165) is 50.6 Å². The van der Waals surface area contributed by atoms with Gasteiger partial charge < -0.3 is 9.64 Å². The fraction of sp³-hybridized carbons (Fsp3) is 0.435. The van der Waals surface area contributed by atoms with Crippen LogP contribution in [0.25, 0.3) is 0 Å². The molecule has 0 bridgehead atoms. The zero-order valence-corrected chi connectivity index (χ0v) is 17.8. The molecule has 0 spiro atoms. The molecule has 1 atom stereocenters. The maximum absolute atomic E-state index is 5.28. The van der Waals surface area contributed by atoms with Crippen LogP contribution >= 0.6 is 0 Å². The van der Waals surface area contributed by atoms with Gasteiger partial charge in [0.05, 0.1) is 19.7 Å². The van der Waals surface area contributed by atoms with Crippen LogP contribution in [0, 0.1) is 0 Å². The minimum Gasteiger partial charge on any atom is -0.497 e. The molecule has 1 fully saturated rings. The van der Waals surface area contributed by atoms with Gasteiger partial charge in [-0.25, -0.2) is 4.68 Å². The van der Waals surface area contributed by atoms with Crippen molar-refractivity contribution in [3.05, 3.63) is 66.0 Å². The molecule has 7 nitrogen and oxygen atoms in total. The zero-order chi connectivity index (χ0) is 20.8. The summed E-state index contributed by atoms with van der Waals surface area (Å²) in [5.74, 6) is 1.87. The Bertz CT molecular complexity index is 903. The molecule has 1 aliphatic rings.